The van der Waals surface area contributed by atoms with Crippen LogP contribution in [0, 0.1) is 13.8 Å². The lowest BCUT2D eigenvalue weighted by Crippen LogP contribution is -2.14. The van der Waals surface area contributed by atoms with Crippen molar-refractivity contribution in [1.82, 2.24) is 9.97 Å². The van der Waals surface area contributed by atoms with Gasteiger partial charge >= 0.3 is 0 Å². The van der Waals surface area contributed by atoms with Crippen molar-refractivity contribution in [3.05, 3.63) is 66.1 Å². The zero-order valence-corrected chi connectivity index (χ0v) is 16.0. The van der Waals surface area contributed by atoms with Crippen molar-refractivity contribution in [2.45, 2.75) is 46.6 Å². The van der Waals surface area contributed by atoms with E-state index in [4.69, 9.17) is 4.74 Å². The van der Waals surface area contributed by atoms with Gasteiger partial charge in [0.05, 0.1) is 6.10 Å². The molecule has 0 atom stereocenters. The van der Waals surface area contributed by atoms with E-state index in [1.165, 1.54) is 22.3 Å². The van der Waals surface area contributed by atoms with Crippen molar-refractivity contribution in [3.63, 3.8) is 0 Å². The van der Waals surface area contributed by atoms with Crippen LogP contribution in [-0.4, -0.2) is 16.1 Å². The number of hydrogen-bond acceptors (Lipinski definition) is 3. The van der Waals surface area contributed by atoms with E-state index in [0.29, 0.717) is 5.88 Å². The molecular weight excluding hydrogens is 320 g/mol. The molecule has 3 heteroatoms. The maximum absolute atomic E-state index is 5.90. The predicted octanol–water partition coefficient (Wildman–Crippen LogP) is 5.99. The quantitative estimate of drug-likeness (QED) is 0.549. The van der Waals surface area contributed by atoms with Crippen molar-refractivity contribution in [3.8, 4) is 28.1 Å². The Morgan fingerprint density at radius 1 is 0.846 bits per heavy atom. The third-order valence-electron chi connectivity index (χ3n) is 4.82. The third kappa shape index (κ3) is 3.93. The summed E-state index contributed by atoms with van der Waals surface area (Å²) in [6.07, 6.45) is 7.88. The molecule has 0 saturated carbocycles. The van der Waals surface area contributed by atoms with Crippen LogP contribution in [0.5, 0.6) is 5.88 Å². The van der Waals surface area contributed by atoms with Gasteiger partial charge < -0.3 is 4.74 Å². The lowest BCUT2D eigenvalue weighted by atomic mass is 9.95. The molecule has 1 aromatic carbocycles. The second-order valence-electron chi connectivity index (χ2n) is 6.66. The molecule has 134 valence electrons. The highest BCUT2D eigenvalue weighted by Gasteiger charge is 2.09. The molecule has 0 aliphatic heterocycles. The first-order chi connectivity index (χ1) is 12.6. The molecule has 2 heterocycles. The van der Waals surface area contributed by atoms with E-state index in [9.17, 15) is 0 Å². The monoisotopic (exact) mass is 346 g/mol. The van der Waals surface area contributed by atoms with Crippen molar-refractivity contribution in [2.24, 2.45) is 0 Å². The number of nitrogens with zero attached hydrogens (tertiary/aromatic N) is 2. The van der Waals surface area contributed by atoms with E-state index < -0.39 is 0 Å². The lowest BCUT2D eigenvalue weighted by Gasteiger charge is -2.15. The number of aromatic nitrogens is 2. The molecule has 0 aliphatic rings. The number of aryl methyl sites for hydroxylation is 2. The maximum Gasteiger partial charge on any atom is 0.213 e. The van der Waals surface area contributed by atoms with Gasteiger partial charge in [-0.05, 0) is 61.1 Å². The number of pyridine rings is 2. The van der Waals surface area contributed by atoms with Gasteiger partial charge in [-0.2, -0.15) is 0 Å². The highest BCUT2D eigenvalue weighted by atomic mass is 16.5. The molecule has 3 rings (SSSR count). The van der Waals surface area contributed by atoms with Gasteiger partial charge in [-0.3, -0.25) is 4.98 Å². The van der Waals surface area contributed by atoms with Crippen LogP contribution < -0.4 is 4.74 Å². The highest BCUT2D eigenvalue weighted by molar-refractivity contribution is 5.74. The van der Waals surface area contributed by atoms with Gasteiger partial charge in [-0.25, -0.2) is 4.98 Å². The van der Waals surface area contributed by atoms with Crippen LogP contribution in [0.2, 0.25) is 0 Å². The summed E-state index contributed by atoms with van der Waals surface area (Å²) < 4.78 is 5.90. The van der Waals surface area contributed by atoms with Crippen molar-refractivity contribution < 1.29 is 4.74 Å². The smallest absolute Gasteiger partial charge is 0.213 e. The fraction of sp³-hybridized carbons (Fsp3) is 0.304. The Hall–Kier alpha value is -2.68. The topological polar surface area (TPSA) is 35.0 Å². The van der Waals surface area contributed by atoms with E-state index in [1.807, 2.05) is 30.7 Å². The normalized spacial score (nSPS) is 11.0. The molecule has 0 unspecified atom stereocenters. The average molecular weight is 346 g/mol. The molecule has 0 radical (unpaired) electrons. The zero-order valence-electron chi connectivity index (χ0n) is 16.0. The Morgan fingerprint density at radius 2 is 1.62 bits per heavy atom. The zero-order chi connectivity index (χ0) is 18.5. The van der Waals surface area contributed by atoms with E-state index in [2.05, 4.69) is 61.9 Å². The molecule has 0 aliphatic carbocycles. The Labute approximate surface area is 156 Å². The SMILES string of the molecule is CCC(CC)Oc1ccc(-c2ccc(-c3cnccc3C)c(C)c2)cn1. The lowest BCUT2D eigenvalue weighted by molar-refractivity contribution is 0.185. The predicted molar refractivity (Wildman–Crippen MR) is 107 cm³/mol. The number of ether oxygens (including phenoxy) is 1. The fourth-order valence-corrected chi connectivity index (χ4v) is 3.14. The van der Waals surface area contributed by atoms with E-state index in [1.54, 1.807) is 0 Å². The average Bonchev–Trinajstić information content (AvgIpc) is 2.67. The highest BCUT2D eigenvalue weighted by Crippen LogP contribution is 2.30. The molecule has 0 amide bonds. The summed E-state index contributed by atoms with van der Waals surface area (Å²) in [7, 11) is 0. The summed E-state index contributed by atoms with van der Waals surface area (Å²) >= 11 is 0. The van der Waals surface area contributed by atoms with Crippen LogP contribution in [0.3, 0.4) is 0 Å². The first-order valence-electron chi connectivity index (χ1n) is 9.27. The second kappa shape index (κ2) is 8.13. The fourth-order valence-electron chi connectivity index (χ4n) is 3.14. The molecule has 3 nitrogen and oxygen atoms in total. The number of rotatable bonds is 6. The van der Waals surface area contributed by atoms with Crippen LogP contribution in [-0.2, 0) is 0 Å². The summed E-state index contributed by atoms with van der Waals surface area (Å²) in [5.74, 6) is 0.696. The summed E-state index contributed by atoms with van der Waals surface area (Å²) in [6, 6.07) is 12.6. The van der Waals surface area contributed by atoms with Crippen LogP contribution in [0.15, 0.2) is 55.0 Å². The summed E-state index contributed by atoms with van der Waals surface area (Å²) in [5, 5.41) is 0. The van der Waals surface area contributed by atoms with E-state index in [0.717, 1.165) is 24.0 Å². The van der Waals surface area contributed by atoms with Crippen molar-refractivity contribution >= 4 is 0 Å². The Balaban J connectivity index is 1.84. The van der Waals surface area contributed by atoms with E-state index in [-0.39, 0.29) is 6.10 Å². The second-order valence-corrected chi connectivity index (χ2v) is 6.66. The van der Waals surface area contributed by atoms with Crippen LogP contribution in [0.4, 0.5) is 0 Å². The molecule has 0 N–H and O–H groups in total. The number of hydrogen-bond donors (Lipinski definition) is 0. The third-order valence-corrected chi connectivity index (χ3v) is 4.82. The van der Waals surface area contributed by atoms with Crippen molar-refractivity contribution in [1.29, 1.82) is 0 Å². The Bertz CT molecular complexity index is 868. The van der Waals surface area contributed by atoms with Gasteiger partial charge in [-0.1, -0.05) is 32.0 Å². The molecule has 0 saturated heterocycles. The molecule has 2 aromatic heterocycles. The minimum Gasteiger partial charge on any atom is -0.474 e. The van der Waals surface area contributed by atoms with Gasteiger partial charge in [0.25, 0.3) is 0 Å². The van der Waals surface area contributed by atoms with Gasteiger partial charge in [-0.15, -0.1) is 0 Å². The van der Waals surface area contributed by atoms with Crippen LogP contribution >= 0.6 is 0 Å². The standard InChI is InChI=1S/C23H26N2O/c1-5-20(6-2)26-23-10-8-19(14-25-23)18-7-9-21(17(4)13-18)22-15-24-12-11-16(22)3/h7-15,20H,5-6H2,1-4H3. The molecule has 0 bridgehead atoms. The van der Waals surface area contributed by atoms with Crippen molar-refractivity contribution in [2.75, 3.05) is 0 Å². The first kappa shape index (κ1) is 18.1. The molecule has 0 fully saturated rings. The van der Waals surface area contributed by atoms with Gasteiger partial charge in [0.15, 0.2) is 0 Å². The maximum atomic E-state index is 5.90. The minimum atomic E-state index is 0.234. The van der Waals surface area contributed by atoms with E-state index >= 15 is 0 Å². The van der Waals surface area contributed by atoms with Crippen LogP contribution in [0.1, 0.15) is 37.8 Å². The number of benzene rings is 1. The largest absolute Gasteiger partial charge is 0.474 e. The molecule has 0 spiro atoms. The molecule has 26 heavy (non-hydrogen) atoms. The Morgan fingerprint density at radius 3 is 2.23 bits per heavy atom. The first-order valence-corrected chi connectivity index (χ1v) is 9.27. The van der Waals surface area contributed by atoms with Gasteiger partial charge in [0.2, 0.25) is 5.88 Å². The van der Waals surface area contributed by atoms with Gasteiger partial charge in [0, 0.05) is 35.8 Å². The molecule has 3 aromatic rings. The minimum absolute atomic E-state index is 0.234. The molecular formula is C23H26N2O. The summed E-state index contributed by atoms with van der Waals surface area (Å²) in [6.45, 7) is 8.53. The summed E-state index contributed by atoms with van der Waals surface area (Å²) in [4.78, 5) is 8.75. The summed E-state index contributed by atoms with van der Waals surface area (Å²) in [5.41, 5.74) is 7.13. The Kier molecular flexibility index (Phi) is 5.67. The van der Waals surface area contributed by atoms with Crippen LogP contribution in [0.25, 0.3) is 22.3 Å². The van der Waals surface area contributed by atoms with Gasteiger partial charge in [0.1, 0.15) is 0 Å².